The quantitative estimate of drug-likeness (QED) is 0.775. The topological polar surface area (TPSA) is 63.0 Å². The predicted molar refractivity (Wildman–Crippen MR) is 75.1 cm³/mol. The number of fused-ring (bicyclic) bond motifs is 1. The van der Waals surface area contributed by atoms with Gasteiger partial charge in [0.05, 0.1) is 31.1 Å². The van der Waals surface area contributed by atoms with E-state index in [4.69, 9.17) is 0 Å². The van der Waals surface area contributed by atoms with Crippen LogP contribution in [0.2, 0.25) is 0 Å². The minimum absolute atomic E-state index is 0.323. The van der Waals surface area contributed by atoms with Crippen molar-refractivity contribution in [3.63, 3.8) is 0 Å². The second-order valence-corrected chi connectivity index (χ2v) is 6.19. The molecule has 0 unspecified atom stereocenters. The van der Waals surface area contributed by atoms with Gasteiger partial charge in [0.25, 0.3) is 10.0 Å². The van der Waals surface area contributed by atoms with Gasteiger partial charge in [-0.15, -0.1) is 0 Å². The molecule has 0 saturated carbocycles. The molecule has 19 heavy (non-hydrogen) atoms. The summed E-state index contributed by atoms with van der Waals surface area (Å²) in [6.45, 7) is 7.94. The van der Waals surface area contributed by atoms with Crippen molar-refractivity contribution in [1.29, 1.82) is 0 Å². The third kappa shape index (κ3) is 2.96. The fraction of sp³-hybridized carbons (Fsp3) is 0.462. The van der Waals surface area contributed by atoms with Crippen molar-refractivity contribution in [1.82, 2.24) is 4.72 Å². The fourth-order valence-electron chi connectivity index (χ4n) is 2.18. The summed E-state index contributed by atoms with van der Waals surface area (Å²) in [4.78, 5) is 6.18. The number of likely N-dealkylation sites (N-methyl/N-ethyl adjacent to an activating group) is 1. The lowest BCUT2D eigenvalue weighted by molar-refractivity contribution is -0.894. The summed E-state index contributed by atoms with van der Waals surface area (Å²) in [7, 11) is -3.40. The van der Waals surface area contributed by atoms with Crippen LogP contribution in [0.25, 0.3) is 0 Å². The highest BCUT2D eigenvalue weighted by atomic mass is 32.2. The van der Waals surface area contributed by atoms with Crippen LogP contribution in [0.1, 0.15) is 19.4 Å². The van der Waals surface area contributed by atoms with Crippen LogP contribution in [0.4, 0.5) is 0 Å². The van der Waals surface area contributed by atoms with Gasteiger partial charge in [0, 0.05) is 5.56 Å². The van der Waals surface area contributed by atoms with Gasteiger partial charge in [0.15, 0.2) is 0 Å². The van der Waals surface area contributed by atoms with E-state index in [1.807, 2.05) is 6.07 Å². The molecule has 0 aliphatic carbocycles. The lowest BCUT2D eigenvalue weighted by Crippen LogP contribution is -3.11. The second-order valence-electron chi connectivity index (χ2n) is 4.54. The molecule has 0 amide bonds. The average molecular weight is 282 g/mol. The van der Waals surface area contributed by atoms with Gasteiger partial charge in [-0.25, -0.2) is 8.42 Å². The van der Waals surface area contributed by atoms with Gasteiger partial charge >= 0.3 is 0 Å². The molecule has 1 aromatic carbocycles. The van der Waals surface area contributed by atoms with Crippen LogP contribution in [-0.4, -0.2) is 40.4 Å². The van der Waals surface area contributed by atoms with Crippen molar-refractivity contribution in [3.8, 4) is 0 Å². The lowest BCUT2D eigenvalue weighted by Gasteiger charge is -2.13. The molecule has 5 nitrogen and oxygen atoms in total. The minimum Gasteiger partial charge on any atom is -0.334 e. The molecule has 1 heterocycles. The summed E-state index contributed by atoms with van der Waals surface area (Å²) in [5, 5.41) is 0. The van der Waals surface area contributed by atoms with E-state index in [0.29, 0.717) is 22.8 Å². The number of nitrogens with zero attached hydrogens (tertiary/aromatic N) is 1. The van der Waals surface area contributed by atoms with Crippen molar-refractivity contribution < 1.29 is 13.3 Å². The molecule has 0 fully saturated rings. The number of hydrogen-bond acceptors (Lipinski definition) is 3. The summed E-state index contributed by atoms with van der Waals surface area (Å²) in [5.74, 6) is 0.474. The summed E-state index contributed by atoms with van der Waals surface area (Å²) in [6.07, 6.45) is 0. The highest BCUT2D eigenvalue weighted by molar-refractivity contribution is 7.90. The van der Waals surface area contributed by atoms with Gasteiger partial charge in [0.2, 0.25) is 0 Å². The first kappa shape index (κ1) is 14.0. The molecule has 2 N–H and O–H groups in total. The molecule has 1 aromatic rings. The SMILES string of the molecule is CC[NH+](CC)CCN=C1NS(=O)(=O)c2ccccc21. The van der Waals surface area contributed by atoms with E-state index in [9.17, 15) is 8.42 Å². The number of hydrogen-bond donors (Lipinski definition) is 2. The Morgan fingerprint density at radius 3 is 2.58 bits per heavy atom. The Hall–Kier alpha value is -1.40. The Balaban J connectivity index is 2.15. The van der Waals surface area contributed by atoms with E-state index < -0.39 is 10.0 Å². The maximum atomic E-state index is 11.9. The van der Waals surface area contributed by atoms with Crippen LogP contribution < -0.4 is 9.62 Å². The van der Waals surface area contributed by atoms with Crippen molar-refractivity contribution in [2.75, 3.05) is 26.2 Å². The minimum atomic E-state index is -3.40. The Morgan fingerprint density at radius 1 is 1.21 bits per heavy atom. The first-order valence-corrected chi connectivity index (χ1v) is 8.07. The molecule has 1 aliphatic rings. The molecule has 2 rings (SSSR count). The van der Waals surface area contributed by atoms with Crippen molar-refractivity contribution in [2.45, 2.75) is 18.7 Å². The summed E-state index contributed by atoms with van der Waals surface area (Å²) >= 11 is 0. The third-order valence-electron chi connectivity index (χ3n) is 3.40. The van der Waals surface area contributed by atoms with Crippen molar-refractivity contribution >= 4 is 15.9 Å². The first-order chi connectivity index (χ1) is 9.08. The van der Waals surface area contributed by atoms with Gasteiger partial charge in [-0.2, -0.15) is 0 Å². The standard InChI is InChI=1S/C13H19N3O2S/c1-3-16(4-2)10-9-14-13-11-7-5-6-8-12(11)19(17,18)15-13/h5-8H,3-4,9-10H2,1-2H3,(H,14,15)/p+1. The number of rotatable bonds is 5. The van der Waals surface area contributed by atoms with Crippen molar-refractivity contribution in [3.05, 3.63) is 29.8 Å². The summed E-state index contributed by atoms with van der Waals surface area (Å²) < 4.78 is 26.3. The maximum absolute atomic E-state index is 11.9. The summed E-state index contributed by atoms with van der Waals surface area (Å²) in [5.41, 5.74) is 0.678. The first-order valence-electron chi connectivity index (χ1n) is 6.58. The second kappa shape index (κ2) is 5.71. The molecular weight excluding hydrogens is 262 g/mol. The molecule has 0 bridgehead atoms. The Kier molecular flexibility index (Phi) is 4.21. The fourth-order valence-corrected chi connectivity index (χ4v) is 3.43. The van der Waals surface area contributed by atoms with E-state index >= 15 is 0 Å². The molecule has 0 atom stereocenters. The van der Waals surface area contributed by atoms with Crippen molar-refractivity contribution in [2.24, 2.45) is 4.99 Å². The smallest absolute Gasteiger partial charge is 0.263 e. The van der Waals surface area contributed by atoms with Crippen LogP contribution in [0.15, 0.2) is 34.2 Å². The maximum Gasteiger partial charge on any atom is 0.263 e. The molecule has 6 heteroatoms. The Bertz CT molecular complexity index is 577. The number of aliphatic imine (C=N–C) groups is 1. The molecule has 0 spiro atoms. The number of quaternary nitrogens is 1. The number of benzene rings is 1. The van der Waals surface area contributed by atoms with E-state index in [-0.39, 0.29) is 0 Å². The molecule has 0 aromatic heterocycles. The zero-order valence-electron chi connectivity index (χ0n) is 11.3. The van der Waals surface area contributed by atoms with Gasteiger partial charge < -0.3 is 4.90 Å². The van der Waals surface area contributed by atoms with Gasteiger partial charge in [0.1, 0.15) is 5.84 Å². The molecule has 1 aliphatic heterocycles. The van der Waals surface area contributed by atoms with E-state index in [1.165, 1.54) is 4.90 Å². The van der Waals surface area contributed by atoms with Gasteiger partial charge in [-0.05, 0) is 26.0 Å². The van der Waals surface area contributed by atoms with E-state index in [2.05, 4.69) is 23.6 Å². The monoisotopic (exact) mass is 282 g/mol. The zero-order chi connectivity index (χ0) is 13.9. The lowest BCUT2D eigenvalue weighted by atomic mass is 10.2. The molecule has 0 radical (unpaired) electrons. The van der Waals surface area contributed by atoms with Crippen LogP contribution in [0.3, 0.4) is 0 Å². The average Bonchev–Trinajstić information content (AvgIpc) is 2.67. The largest absolute Gasteiger partial charge is 0.334 e. The Morgan fingerprint density at radius 2 is 1.89 bits per heavy atom. The van der Waals surface area contributed by atoms with Gasteiger partial charge in [-0.3, -0.25) is 9.71 Å². The van der Waals surface area contributed by atoms with E-state index in [0.717, 1.165) is 19.6 Å². The highest BCUT2D eigenvalue weighted by Crippen LogP contribution is 2.21. The zero-order valence-corrected chi connectivity index (χ0v) is 12.1. The van der Waals surface area contributed by atoms with Crippen LogP contribution in [0.5, 0.6) is 0 Å². The summed E-state index contributed by atoms with van der Waals surface area (Å²) in [6, 6.07) is 6.94. The van der Waals surface area contributed by atoms with Crippen LogP contribution in [0, 0.1) is 0 Å². The highest BCUT2D eigenvalue weighted by Gasteiger charge is 2.29. The third-order valence-corrected chi connectivity index (χ3v) is 4.80. The number of amidine groups is 1. The van der Waals surface area contributed by atoms with Crippen LogP contribution in [-0.2, 0) is 10.0 Å². The normalized spacial score (nSPS) is 18.6. The molecule has 104 valence electrons. The molecular formula is C13H20N3O2S+. The van der Waals surface area contributed by atoms with Gasteiger partial charge in [-0.1, -0.05) is 12.1 Å². The van der Waals surface area contributed by atoms with Crippen LogP contribution >= 0.6 is 0 Å². The number of sulfonamides is 1. The molecule has 0 saturated heterocycles. The number of nitrogens with one attached hydrogen (secondary N) is 2. The van der Waals surface area contributed by atoms with E-state index in [1.54, 1.807) is 18.2 Å². The predicted octanol–water partition coefficient (Wildman–Crippen LogP) is -0.350. The Labute approximate surface area is 114 Å².